The van der Waals surface area contributed by atoms with Gasteiger partial charge in [0.25, 0.3) is 0 Å². The number of nitrogens with one attached hydrogen (secondary N) is 1. The maximum Gasteiger partial charge on any atom is 0.322 e. The van der Waals surface area contributed by atoms with E-state index in [9.17, 15) is 4.39 Å². The molecular weight excluding hydrogens is 301 g/mol. The van der Waals surface area contributed by atoms with E-state index >= 15 is 0 Å². The Morgan fingerprint density at radius 2 is 2.14 bits per heavy atom. The summed E-state index contributed by atoms with van der Waals surface area (Å²) in [5.74, 6) is -0.111. The monoisotopic (exact) mass is 317 g/mol. The maximum absolute atomic E-state index is 13.8. The Balaban J connectivity index is 1.80. The molecule has 3 aromatic rings. The summed E-state index contributed by atoms with van der Waals surface area (Å²) in [6.45, 7) is 2.13. The summed E-state index contributed by atoms with van der Waals surface area (Å²) in [6, 6.07) is 10.9. The fourth-order valence-electron chi connectivity index (χ4n) is 2.25. The Hall–Kier alpha value is -2.21. The molecule has 0 spiro atoms. The standard InChI is InChI=1S/C16H16FN3OS/c1-2-6-13(14-9-5-10-22-14)18-16-19-15(20-21-16)11-7-3-4-8-12(11)17/h3-5,7-10,13H,2,6H2,1H3,(H,18,19,20)/t13-/m1/s1. The van der Waals surface area contributed by atoms with Crippen molar-refractivity contribution in [2.45, 2.75) is 25.8 Å². The van der Waals surface area contributed by atoms with Gasteiger partial charge in [-0.1, -0.05) is 36.7 Å². The Labute approximate surface area is 132 Å². The number of nitrogens with zero attached hydrogens (tertiary/aromatic N) is 2. The Morgan fingerprint density at radius 1 is 1.27 bits per heavy atom. The molecule has 0 bridgehead atoms. The molecule has 114 valence electrons. The van der Waals surface area contributed by atoms with Crippen LogP contribution in [0.4, 0.5) is 10.4 Å². The van der Waals surface area contributed by atoms with Gasteiger partial charge in [0.1, 0.15) is 5.82 Å². The summed E-state index contributed by atoms with van der Waals surface area (Å²) >= 11 is 1.68. The topological polar surface area (TPSA) is 51.0 Å². The van der Waals surface area contributed by atoms with Crippen LogP contribution in [0.25, 0.3) is 11.4 Å². The summed E-state index contributed by atoms with van der Waals surface area (Å²) in [6.07, 6.45) is 1.99. The van der Waals surface area contributed by atoms with Crippen LogP contribution >= 0.6 is 11.3 Å². The van der Waals surface area contributed by atoms with Crippen LogP contribution in [0.15, 0.2) is 46.3 Å². The molecule has 3 rings (SSSR count). The predicted octanol–water partition coefficient (Wildman–Crippen LogP) is 4.89. The van der Waals surface area contributed by atoms with Crippen LogP contribution < -0.4 is 5.32 Å². The first-order valence-corrected chi connectivity index (χ1v) is 8.04. The van der Waals surface area contributed by atoms with E-state index in [0.29, 0.717) is 11.6 Å². The highest BCUT2D eigenvalue weighted by Gasteiger charge is 2.17. The largest absolute Gasteiger partial charge is 0.330 e. The van der Waals surface area contributed by atoms with E-state index in [4.69, 9.17) is 4.52 Å². The fourth-order valence-corrected chi connectivity index (χ4v) is 3.06. The highest BCUT2D eigenvalue weighted by atomic mass is 32.1. The van der Waals surface area contributed by atoms with Crippen molar-refractivity contribution >= 4 is 17.4 Å². The van der Waals surface area contributed by atoms with Gasteiger partial charge in [-0.15, -0.1) is 11.3 Å². The quantitative estimate of drug-likeness (QED) is 0.703. The van der Waals surface area contributed by atoms with Gasteiger partial charge in [0.2, 0.25) is 5.82 Å². The van der Waals surface area contributed by atoms with Gasteiger partial charge in [0.15, 0.2) is 0 Å². The van der Waals surface area contributed by atoms with Gasteiger partial charge in [-0.25, -0.2) is 4.39 Å². The van der Waals surface area contributed by atoms with E-state index in [1.54, 1.807) is 29.5 Å². The molecule has 22 heavy (non-hydrogen) atoms. The number of anilines is 1. The molecule has 0 radical (unpaired) electrons. The second kappa shape index (κ2) is 6.70. The van der Waals surface area contributed by atoms with Crippen molar-refractivity contribution in [3.8, 4) is 11.4 Å². The second-order valence-electron chi connectivity index (χ2n) is 4.90. The van der Waals surface area contributed by atoms with Crippen LogP contribution in [-0.4, -0.2) is 10.1 Å². The molecule has 1 N–H and O–H groups in total. The van der Waals surface area contributed by atoms with E-state index in [1.165, 1.54) is 10.9 Å². The molecule has 0 fully saturated rings. The van der Waals surface area contributed by atoms with Gasteiger partial charge >= 0.3 is 6.01 Å². The highest BCUT2D eigenvalue weighted by molar-refractivity contribution is 7.10. The smallest absolute Gasteiger partial charge is 0.322 e. The molecule has 0 aliphatic carbocycles. The molecule has 4 nitrogen and oxygen atoms in total. The van der Waals surface area contributed by atoms with E-state index in [-0.39, 0.29) is 17.7 Å². The van der Waals surface area contributed by atoms with Gasteiger partial charge < -0.3 is 9.84 Å². The minimum atomic E-state index is -0.363. The van der Waals surface area contributed by atoms with Gasteiger partial charge in [0, 0.05) is 4.88 Å². The lowest BCUT2D eigenvalue weighted by molar-refractivity contribution is 0.426. The summed E-state index contributed by atoms with van der Waals surface area (Å²) < 4.78 is 19.0. The Bertz CT molecular complexity index is 727. The van der Waals surface area contributed by atoms with Crippen molar-refractivity contribution in [3.05, 3.63) is 52.5 Å². The highest BCUT2D eigenvalue weighted by Crippen LogP contribution is 2.28. The van der Waals surface area contributed by atoms with E-state index < -0.39 is 0 Å². The molecule has 6 heteroatoms. The summed E-state index contributed by atoms with van der Waals surface area (Å²) in [4.78, 5) is 5.46. The normalized spacial score (nSPS) is 12.3. The number of thiophene rings is 1. The van der Waals surface area contributed by atoms with Crippen LogP contribution in [0.1, 0.15) is 30.7 Å². The van der Waals surface area contributed by atoms with E-state index in [2.05, 4.69) is 28.4 Å². The molecule has 1 atom stereocenters. The first-order chi connectivity index (χ1) is 10.8. The van der Waals surface area contributed by atoms with Crippen molar-refractivity contribution in [1.82, 2.24) is 10.1 Å². The molecule has 1 aromatic carbocycles. The van der Waals surface area contributed by atoms with Crippen LogP contribution in [0, 0.1) is 5.82 Å². The molecule has 0 unspecified atom stereocenters. The fraction of sp³-hybridized carbons (Fsp3) is 0.250. The molecule has 2 heterocycles. The average molecular weight is 317 g/mol. The van der Waals surface area contributed by atoms with Crippen molar-refractivity contribution in [2.24, 2.45) is 0 Å². The number of rotatable bonds is 6. The van der Waals surface area contributed by atoms with Crippen LogP contribution in [0.5, 0.6) is 0 Å². The lowest BCUT2D eigenvalue weighted by atomic mass is 10.1. The van der Waals surface area contributed by atoms with Crippen molar-refractivity contribution in [3.63, 3.8) is 0 Å². The number of benzene rings is 1. The average Bonchev–Trinajstić information content (AvgIpc) is 3.19. The van der Waals surface area contributed by atoms with Crippen molar-refractivity contribution < 1.29 is 8.91 Å². The van der Waals surface area contributed by atoms with Gasteiger partial charge in [-0.3, -0.25) is 0 Å². The van der Waals surface area contributed by atoms with Gasteiger partial charge in [-0.2, -0.15) is 4.98 Å². The lowest BCUT2D eigenvalue weighted by Gasteiger charge is -2.14. The third-order valence-corrected chi connectivity index (χ3v) is 4.29. The van der Waals surface area contributed by atoms with Crippen LogP contribution in [0.2, 0.25) is 0 Å². The maximum atomic E-state index is 13.8. The minimum absolute atomic E-state index is 0.124. The zero-order valence-electron chi connectivity index (χ0n) is 12.1. The molecular formula is C16H16FN3OS. The molecule has 0 saturated carbocycles. The third kappa shape index (κ3) is 3.17. The van der Waals surface area contributed by atoms with Crippen molar-refractivity contribution in [1.29, 1.82) is 0 Å². The Kier molecular flexibility index (Phi) is 4.48. The summed E-state index contributed by atoms with van der Waals surface area (Å²) in [7, 11) is 0. The first kappa shape index (κ1) is 14.7. The van der Waals surface area contributed by atoms with E-state index in [1.807, 2.05) is 11.4 Å². The molecule has 0 amide bonds. The Morgan fingerprint density at radius 3 is 2.86 bits per heavy atom. The number of halogens is 1. The summed E-state index contributed by atoms with van der Waals surface area (Å²) in [5, 5.41) is 9.14. The molecule has 2 aromatic heterocycles. The number of hydrogen-bond donors (Lipinski definition) is 1. The van der Waals surface area contributed by atoms with Gasteiger partial charge in [-0.05, 0) is 30.0 Å². The number of hydrogen-bond acceptors (Lipinski definition) is 5. The van der Waals surface area contributed by atoms with Crippen LogP contribution in [0.3, 0.4) is 0 Å². The summed E-state index contributed by atoms with van der Waals surface area (Å²) in [5.41, 5.74) is 0.336. The zero-order chi connectivity index (χ0) is 15.4. The lowest BCUT2D eigenvalue weighted by Crippen LogP contribution is -2.09. The second-order valence-corrected chi connectivity index (χ2v) is 5.88. The molecule has 0 saturated heterocycles. The van der Waals surface area contributed by atoms with E-state index in [0.717, 1.165) is 12.8 Å². The number of aromatic nitrogens is 2. The van der Waals surface area contributed by atoms with Crippen LogP contribution in [-0.2, 0) is 0 Å². The van der Waals surface area contributed by atoms with Crippen molar-refractivity contribution in [2.75, 3.05) is 5.32 Å². The minimum Gasteiger partial charge on any atom is -0.330 e. The first-order valence-electron chi connectivity index (χ1n) is 7.16. The zero-order valence-corrected chi connectivity index (χ0v) is 12.9. The SMILES string of the molecule is CCC[C@@H](Nc1nc(-c2ccccc2F)no1)c1cccs1. The third-order valence-electron chi connectivity index (χ3n) is 3.30. The van der Waals surface area contributed by atoms with Gasteiger partial charge in [0.05, 0.1) is 11.6 Å². The molecule has 0 aliphatic heterocycles. The molecule has 0 aliphatic rings. The predicted molar refractivity (Wildman–Crippen MR) is 85.3 cm³/mol.